The highest BCUT2D eigenvalue weighted by Crippen LogP contribution is 2.04. The Balaban J connectivity index is 3.77. The van der Waals surface area contributed by atoms with E-state index in [0.717, 1.165) is 12.3 Å². The molecule has 60 valence electrons. The Morgan fingerprint density at radius 1 is 1.70 bits per heavy atom. The van der Waals surface area contributed by atoms with Crippen molar-refractivity contribution in [3.63, 3.8) is 0 Å². The van der Waals surface area contributed by atoms with E-state index in [0.29, 0.717) is 5.92 Å². The van der Waals surface area contributed by atoms with Crippen molar-refractivity contribution in [1.29, 1.82) is 0 Å². The molecule has 0 aliphatic carbocycles. The fraction of sp³-hybridized carbons (Fsp3) is 0.857. The Kier molecular flexibility index (Phi) is 4.94. The van der Waals surface area contributed by atoms with Crippen molar-refractivity contribution in [2.45, 2.75) is 26.7 Å². The van der Waals surface area contributed by atoms with Crippen molar-refractivity contribution in [2.24, 2.45) is 16.8 Å². The van der Waals surface area contributed by atoms with Crippen LogP contribution < -0.4 is 11.3 Å². The highest BCUT2D eigenvalue weighted by molar-refractivity contribution is 5.83. The molecule has 0 rings (SSSR count). The smallest absolute Gasteiger partial charge is 0.113 e. The van der Waals surface area contributed by atoms with Gasteiger partial charge in [0, 0.05) is 13.0 Å². The largest absolute Gasteiger partial charge is 0.312 e. The molecule has 0 aromatic rings. The van der Waals surface area contributed by atoms with Crippen LogP contribution in [0.3, 0.4) is 0 Å². The number of aliphatic imine (C=N–C) groups is 1. The maximum absolute atomic E-state index is 5.23. The molecular weight excluding hydrogens is 126 g/mol. The standard InChI is InChI=1S/C7H17N3/c1-4-5-6(2)7(9-3)10-8/h6H,4-5,8H2,1-3H3,(H,9,10). The van der Waals surface area contributed by atoms with Gasteiger partial charge in [0.1, 0.15) is 5.84 Å². The average molecular weight is 143 g/mol. The quantitative estimate of drug-likeness (QED) is 0.267. The number of hydrogen-bond donors (Lipinski definition) is 2. The van der Waals surface area contributed by atoms with Crippen molar-refractivity contribution in [3.05, 3.63) is 0 Å². The molecule has 1 unspecified atom stereocenters. The molecule has 3 N–H and O–H groups in total. The molecule has 0 bridgehead atoms. The van der Waals surface area contributed by atoms with Crippen molar-refractivity contribution >= 4 is 5.84 Å². The van der Waals surface area contributed by atoms with Gasteiger partial charge < -0.3 is 5.43 Å². The maximum Gasteiger partial charge on any atom is 0.113 e. The molecule has 3 heteroatoms. The van der Waals surface area contributed by atoms with E-state index in [4.69, 9.17) is 5.84 Å². The molecule has 10 heavy (non-hydrogen) atoms. The number of nitrogens with two attached hydrogens (primary N) is 1. The predicted molar refractivity (Wildman–Crippen MR) is 44.8 cm³/mol. The number of nitrogens with zero attached hydrogens (tertiary/aromatic N) is 1. The van der Waals surface area contributed by atoms with Gasteiger partial charge >= 0.3 is 0 Å². The molecule has 1 atom stereocenters. The van der Waals surface area contributed by atoms with Gasteiger partial charge in [-0.2, -0.15) is 0 Å². The molecule has 0 fully saturated rings. The van der Waals surface area contributed by atoms with Crippen LogP contribution in [-0.2, 0) is 0 Å². The van der Waals surface area contributed by atoms with E-state index in [1.165, 1.54) is 6.42 Å². The van der Waals surface area contributed by atoms with Gasteiger partial charge in [-0.1, -0.05) is 20.3 Å². The number of rotatable bonds is 3. The zero-order valence-corrected chi connectivity index (χ0v) is 7.02. The second-order valence-corrected chi connectivity index (χ2v) is 2.44. The van der Waals surface area contributed by atoms with Crippen LogP contribution in [0.25, 0.3) is 0 Å². The fourth-order valence-electron chi connectivity index (χ4n) is 0.997. The Morgan fingerprint density at radius 3 is 2.60 bits per heavy atom. The monoisotopic (exact) mass is 143 g/mol. The highest BCUT2D eigenvalue weighted by atomic mass is 15.2. The first-order chi connectivity index (χ1) is 4.76. The third kappa shape index (κ3) is 2.82. The Bertz CT molecular complexity index is 109. The van der Waals surface area contributed by atoms with E-state index in [1.54, 1.807) is 7.05 Å². The molecule has 0 aromatic carbocycles. The minimum atomic E-state index is 0.458. The van der Waals surface area contributed by atoms with E-state index in [-0.39, 0.29) is 0 Å². The van der Waals surface area contributed by atoms with Crippen LogP contribution in [0.2, 0.25) is 0 Å². The summed E-state index contributed by atoms with van der Waals surface area (Å²) in [5.41, 5.74) is 2.59. The second kappa shape index (κ2) is 5.23. The molecule has 0 amide bonds. The molecule has 3 nitrogen and oxygen atoms in total. The molecule has 0 heterocycles. The summed E-state index contributed by atoms with van der Waals surface area (Å²) < 4.78 is 0. The molecule has 0 aromatic heterocycles. The number of hydrazine groups is 1. The lowest BCUT2D eigenvalue weighted by atomic mass is 10.1. The Labute approximate surface area is 62.7 Å². The average Bonchev–Trinajstić information content (AvgIpc) is 1.91. The summed E-state index contributed by atoms with van der Waals surface area (Å²) >= 11 is 0. The topological polar surface area (TPSA) is 50.4 Å². The van der Waals surface area contributed by atoms with Crippen LogP contribution in [0.4, 0.5) is 0 Å². The van der Waals surface area contributed by atoms with E-state index in [1.807, 2.05) is 0 Å². The Hall–Kier alpha value is -0.570. The lowest BCUT2D eigenvalue weighted by molar-refractivity contribution is 0.644. The van der Waals surface area contributed by atoms with Gasteiger partial charge in [-0.05, 0) is 6.42 Å². The minimum Gasteiger partial charge on any atom is -0.312 e. The van der Waals surface area contributed by atoms with Crippen LogP contribution >= 0.6 is 0 Å². The molecule has 0 spiro atoms. The minimum absolute atomic E-state index is 0.458. The molecule has 0 aliphatic rings. The maximum atomic E-state index is 5.23. The van der Waals surface area contributed by atoms with Gasteiger partial charge in [-0.25, -0.2) is 5.84 Å². The van der Waals surface area contributed by atoms with Gasteiger partial charge in [-0.15, -0.1) is 0 Å². The summed E-state index contributed by atoms with van der Waals surface area (Å²) in [4.78, 5) is 4.01. The third-order valence-corrected chi connectivity index (χ3v) is 1.58. The van der Waals surface area contributed by atoms with Gasteiger partial charge in [-0.3, -0.25) is 4.99 Å². The van der Waals surface area contributed by atoms with Crippen molar-refractivity contribution in [2.75, 3.05) is 7.05 Å². The first-order valence-electron chi connectivity index (χ1n) is 3.69. The van der Waals surface area contributed by atoms with E-state index < -0.39 is 0 Å². The normalized spacial score (nSPS) is 15.0. The van der Waals surface area contributed by atoms with Gasteiger partial charge in [0.15, 0.2) is 0 Å². The van der Waals surface area contributed by atoms with Crippen LogP contribution in [0, 0.1) is 5.92 Å². The summed E-state index contributed by atoms with van der Waals surface area (Å²) in [6.45, 7) is 4.27. The van der Waals surface area contributed by atoms with E-state index in [9.17, 15) is 0 Å². The van der Waals surface area contributed by atoms with Gasteiger partial charge in [0.25, 0.3) is 0 Å². The number of hydrogen-bond acceptors (Lipinski definition) is 2. The highest BCUT2D eigenvalue weighted by Gasteiger charge is 2.05. The predicted octanol–water partition coefficient (Wildman–Crippen LogP) is 0.914. The summed E-state index contributed by atoms with van der Waals surface area (Å²) in [6.07, 6.45) is 2.30. The van der Waals surface area contributed by atoms with Crippen molar-refractivity contribution in [3.8, 4) is 0 Å². The summed E-state index contributed by atoms with van der Waals surface area (Å²) in [5, 5.41) is 0. The lowest BCUT2D eigenvalue weighted by Gasteiger charge is -2.11. The van der Waals surface area contributed by atoms with E-state index in [2.05, 4.69) is 24.3 Å². The lowest BCUT2D eigenvalue weighted by Crippen LogP contribution is -2.34. The van der Waals surface area contributed by atoms with Crippen molar-refractivity contribution < 1.29 is 0 Å². The van der Waals surface area contributed by atoms with Gasteiger partial charge in [0.2, 0.25) is 0 Å². The first-order valence-corrected chi connectivity index (χ1v) is 3.69. The first kappa shape index (κ1) is 9.43. The van der Waals surface area contributed by atoms with Crippen molar-refractivity contribution in [1.82, 2.24) is 5.43 Å². The van der Waals surface area contributed by atoms with Crippen LogP contribution in [0.15, 0.2) is 4.99 Å². The second-order valence-electron chi connectivity index (χ2n) is 2.44. The molecule has 0 saturated carbocycles. The van der Waals surface area contributed by atoms with Gasteiger partial charge in [0.05, 0.1) is 0 Å². The SMILES string of the molecule is CCCC(C)C(=NC)NN. The van der Waals surface area contributed by atoms with Crippen LogP contribution in [-0.4, -0.2) is 12.9 Å². The summed E-state index contributed by atoms with van der Waals surface area (Å²) in [7, 11) is 1.75. The fourth-order valence-corrected chi connectivity index (χ4v) is 0.997. The van der Waals surface area contributed by atoms with Crippen LogP contribution in [0.1, 0.15) is 26.7 Å². The summed E-state index contributed by atoms with van der Waals surface area (Å²) in [6, 6.07) is 0. The zero-order valence-electron chi connectivity index (χ0n) is 7.02. The van der Waals surface area contributed by atoms with E-state index >= 15 is 0 Å². The zero-order chi connectivity index (χ0) is 7.98. The van der Waals surface area contributed by atoms with Crippen LogP contribution in [0.5, 0.6) is 0 Å². The molecule has 0 radical (unpaired) electrons. The number of nitrogens with one attached hydrogen (secondary N) is 1. The summed E-state index contributed by atoms with van der Waals surface area (Å²) in [5.74, 6) is 6.58. The number of amidine groups is 1. The molecular formula is C7H17N3. The molecule has 0 saturated heterocycles. The Morgan fingerprint density at radius 2 is 2.30 bits per heavy atom. The third-order valence-electron chi connectivity index (χ3n) is 1.58. The molecule has 0 aliphatic heterocycles.